The summed E-state index contributed by atoms with van der Waals surface area (Å²) in [6.07, 6.45) is 0. The van der Waals surface area contributed by atoms with Crippen molar-refractivity contribution >= 4 is 17.3 Å². The Morgan fingerprint density at radius 2 is 1.55 bits per heavy atom. The summed E-state index contributed by atoms with van der Waals surface area (Å²) in [5, 5.41) is 4.26. The highest BCUT2D eigenvalue weighted by Gasteiger charge is 2.11. The van der Waals surface area contributed by atoms with Gasteiger partial charge in [-0.1, -0.05) is 27.7 Å². The Morgan fingerprint density at radius 3 is 1.95 bits per heavy atom. The van der Waals surface area contributed by atoms with E-state index in [1.54, 1.807) is 0 Å². The van der Waals surface area contributed by atoms with Crippen LogP contribution < -0.4 is 10.3 Å². The van der Waals surface area contributed by atoms with Crippen LogP contribution in [0.1, 0.15) is 38.1 Å². The molecule has 0 aliphatic rings. The molecule has 0 radical (unpaired) electrons. The quantitative estimate of drug-likeness (QED) is 0.662. The second-order valence-electron chi connectivity index (χ2n) is 5.73. The molecule has 4 heteroatoms. The first-order valence-corrected chi connectivity index (χ1v) is 6.98. The number of benzene rings is 1. The third-order valence-corrected chi connectivity index (χ3v) is 3.12. The van der Waals surface area contributed by atoms with Crippen LogP contribution in [0.4, 0.5) is 5.69 Å². The lowest BCUT2D eigenvalue weighted by Gasteiger charge is -2.14. The first-order valence-electron chi connectivity index (χ1n) is 6.98. The van der Waals surface area contributed by atoms with E-state index in [0.29, 0.717) is 17.4 Å². The zero-order valence-electron chi connectivity index (χ0n) is 13.3. The molecule has 0 saturated carbocycles. The highest BCUT2D eigenvalue weighted by atomic mass is 16.2. The highest BCUT2D eigenvalue weighted by Crippen LogP contribution is 2.12. The summed E-state index contributed by atoms with van der Waals surface area (Å²) in [6.45, 7) is 8.32. The van der Waals surface area contributed by atoms with Crippen molar-refractivity contribution in [3.8, 4) is 0 Å². The molecule has 0 atom stereocenters. The number of rotatable bonds is 5. The third kappa shape index (κ3) is 4.37. The molecule has 0 aliphatic heterocycles. The normalized spacial score (nSPS) is 10.6. The molecule has 110 valence electrons. The number of nitrogens with one attached hydrogen (secondary N) is 1. The molecule has 0 bridgehead atoms. The van der Waals surface area contributed by atoms with Crippen molar-refractivity contribution in [2.75, 3.05) is 19.0 Å². The molecule has 0 heterocycles. The van der Waals surface area contributed by atoms with Gasteiger partial charge in [0.25, 0.3) is 5.91 Å². The van der Waals surface area contributed by atoms with Crippen LogP contribution >= 0.6 is 0 Å². The number of hydrazone groups is 1. The number of nitrogens with zero attached hydrogens (tertiary/aromatic N) is 2. The highest BCUT2D eigenvalue weighted by molar-refractivity contribution is 5.96. The fourth-order valence-corrected chi connectivity index (χ4v) is 2.02. The van der Waals surface area contributed by atoms with Gasteiger partial charge >= 0.3 is 0 Å². The van der Waals surface area contributed by atoms with Crippen molar-refractivity contribution in [1.82, 2.24) is 5.43 Å². The van der Waals surface area contributed by atoms with E-state index in [1.807, 2.05) is 43.3 Å². The zero-order chi connectivity index (χ0) is 15.3. The molecule has 1 N–H and O–H groups in total. The van der Waals surface area contributed by atoms with E-state index in [4.69, 9.17) is 0 Å². The molecule has 4 nitrogen and oxygen atoms in total. The Balaban J connectivity index is 2.78. The van der Waals surface area contributed by atoms with E-state index >= 15 is 0 Å². The van der Waals surface area contributed by atoms with Crippen LogP contribution in [0.15, 0.2) is 29.4 Å². The van der Waals surface area contributed by atoms with E-state index in [-0.39, 0.29) is 5.91 Å². The zero-order valence-corrected chi connectivity index (χ0v) is 13.3. The summed E-state index contributed by atoms with van der Waals surface area (Å²) in [4.78, 5) is 14.0. The summed E-state index contributed by atoms with van der Waals surface area (Å²) in [5.41, 5.74) is 5.33. The van der Waals surface area contributed by atoms with E-state index in [1.165, 1.54) is 0 Å². The second-order valence-corrected chi connectivity index (χ2v) is 5.73. The van der Waals surface area contributed by atoms with Crippen molar-refractivity contribution in [2.45, 2.75) is 27.7 Å². The van der Waals surface area contributed by atoms with Crippen LogP contribution in [0.2, 0.25) is 0 Å². The molecular weight excluding hydrogens is 250 g/mol. The summed E-state index contributed by atoms with van der Waals surface area (Å²) in [6, 6.07) is 7.46. The summed E-state index contributed by atoms with van der Waals surface area (Å²) in [7, 11) is 3.94. The lowest BCUT2D eigenvalue weighted by Crippen LogP contribution is -2.24. The maximum atomic E-state index is 12.0. The number of hydrogen-bond donors (Lipinski definition) is 1. The van der Waals surface area contributed by atoms with Crippen molar-refractivity contribution in [3.63, 3.8) is 0 Å². The van der Waals surface area contributed by atoms with Crippen LogP contribution in [0.25, 0.3) is 0 Å². The van der Waals surface area contributed by atoms with Gasteiger partial charge in [-0.2, -0.15) is 5.10 Å². The largest absolute Gasteiger partial charge is 0.378 e. The predicted octanol–water partition coefficient (Wildman–Crippen LogP) is 3.15. The van der Waals surface area contributed by atoms with Crippen LogP contribution in [0.5, 0.6) is 0 Å². The van der Waals surface area contributed by atoms with Gasteiger partial charge in [-0.05, 0) is 36.1 Å². The number of amides is 1. The summed E-state index contributed by atoms with van der Waals surface area (Å²) in [5.74, 6) is 0.479. The van der Waals surface area contributed by atoms with Gasteiger partial charge in [0.05, 0.1) is 0 Å². The van der Waals surface area contributed by atoms with Gasteiger partial charge in [-0.25, -0.2) is 5.43 Å². The minimum atomic E-state index is -0.172. The van der Waals surface area contributed by atoms with Crippen LogP contribution in [-0.2, 0) is 0 Å². The van der Waals surface area contributed by atoms with Gasteiger partial charge < -0.3 is 4.90 Å². The smallest absolute Gasteiger partial charge is 0.271 e. The van der Waals surface area contributed by atoms with E-state index in [2.05, 4.69) is 38.2 Å². The third-order valence-electron chi connectivity index (χ3n) is 3.12. The lowest BCUT2D eigenvalue weighted by atomic mass is 9.98. The maximum Gasteiger partial charge on any atom is 0.271 e. The van der Waals surface area contributed by atoms with Gasteiger partial charge in [0, 0.05) is 31.1 Å². The van der Waals surface area contributed by atoms with Crippen molar-refractivity contribution < 1.29 is 4.79 Å². The Morgan fingerprint density at radius 1 is 1.05 bits per heavy atom. The van der Waals surface area contributed by atoms with Crippen LogP contribution in [0.3, 0.4) is 0 Å². The van der Waals surface area contributed by atoms with Gasteiger partial charge in [0.15, 0.2) is 0 Å². The molecule has 1 rings (SSSR count). The van der Waals surface area contributed by atoms with Crippen LogP contribution in [-0.4, -0.2) is 25.7 Å². The Kier molecular flexibility index (Phi) is 5.74. The van der Waals surface area contributed by atoms with Gasteiger partial charge in [0.1, 0.15) is 0 Å². The number of hydrogen-bond acceptors (Lipinski definition) is 3. The standard InChI is InChI=1S/C16H25N3O/c1-11(2)15(12(3)4)17-18-16(20)13-7-9-14(10-8-13)19(5)6/h7-12H,1-6H3,(H,18,20). The first kappa shape index (κ1) is 16.2. The fourth-order valence-electron chi connectivity index (χ4n) is 2.02. The lowest BCUT2D eigenvalue weighted by molar-refractivity contribution is 0.0954. The molecule has 0 fully saturated rings. The monoisotopic (exact) mass is 275 g/mol. The average molecular weight is 275 g/mol. The molecular formula is C16H25N3O. The topological polar surface area (TPSA) is 44.7 Å². The van der Waals surface area contributed by atoms with Gasteiger partial charge in [-0.15, -0.1) is 0 Å². The Bertz CT molecular complexity index is 463. The van der Waals surface area contributed by atoms with Crippen molar-refractivity contribution in [1.29, 1.82) is 0 Å². The summed E-state index contributed by atoms with van der Waals surface area (Å²) < 4.78 is 0. The average Bonchev–Trinajstić information content (AvgIpc) is 2.38. The second kappa shape index (κ2) is 7.08. The number of carbonyl (C=O) groups excluding carboxylic acids is 1. The molecule has 0 aliphatic carbocycles. The van der Waals surface area contributed by atoms with Crippen LogP contribution in [0, 0.1) is 11.8 Å². The van der Waals surface area contributed by atoms with E-state index < -0.39 is 0 Å². The molecule has 1 amide bonds. The SMILES string of the molecule is CC(C)C(=NNC(=O)c1ccc(N(C)C)cc1)C(C)C. The fraction of sp³-hybridized carbons (Fsp3) is 0.500. The van der Waals surface area contributed by atoms with Gasteiger partial charge in [-0.3, -0.25) is 4.79 Å². The van der Waals surface area contributed by atoms with E-state index in [0.717, 1.165) is 11.4 Å². The maximum absolute atomic E-state index is 12.0. The molecule has 0 saturated heterocycles. The van der Waals surface area contributed by atoms with Gasteiger partial charge in [0.2, 0.25) is 0 Å². The first-order chi connectivity index (χ1) is 9.32. The minimum absolute atomic E-state index is 0.172. The van der Waals surface area contributed by atoms with Crippen molar-refractivity contribution in [3.05, 3.63) is 29.8 Å². The molecule has 1 aromatic rings. The molecule has 0 spiro atoms. The minimum Gasteiger partial charge on any atom is -0.378 e. The number of anilines is 1. The van der Waals surface area contributed by atoms with E-state index in [9.17, 15) is 4.79 Å². The summed E-state index contributed by atoms with van der Waals surface area (Å²) >= 11 is 0. The predicted molar refractivity (Wildman–Crippen MR) is 85.3 cm³/mol. The molecule has 1 aromatic carbocycles. The van der Waals surface area contributed by atoms with Crippen molar-refractivity contribution in [2.24, 2.45) is 16.9 Å². The Labute approximate surface area is 121 Å². The molecule has 0 unspecified atom stereocenters. The Hall–Kier alpha value is -1.84. The molecule has 20 heavy (non-hydrogen) atoms. The number of carbonyl (C=O) groups is 1. The molecule has 0 aromatic heterocycles.